The van der Waals surface area contributed by atoms with Crippen LogP contribution in [-0.4, -0.2) is 70.0 Å². The van der Waals surface area contributed by atoms with Gasteiger partial charge in [-0.3, -0.25) is 14.2 Å². The number of ether oxygens (including phenoxy) is 2. The molecule has 0 rings (SSSR count). The van der Waals surface area contributed by atoms with E-state index in [1.807, 2.05) is 21.1 Å². The number of nitrogens with zero attached hydrogens (tertiary/aromatic N) is 1. The number of hydrogen-bond donors (Lipinski definition) is 0. The van der Waals surface area contributed by atoms with Crippen LogP contribution in [0.3, 0.4) is 0 Å². The van der Waals surface area contributed by atoms with Gasteiger partial charge in [0.05, 0.1) is 27.7 Å². The topological polar surface area (TPSA) is 111 Å². The van der Waals surface area contributed by atoms with Gasteiger partial charge in [-0.25, -0.2) is 0 Å². The Morgan fingerprint density at radius 1 is 0.310 bits per heavy atom. The van der Waals surface area contributed by atoms with Gasteiger partial charge in [-0.2, -0.15) is 0 Å². The number of quaternary nitrogens is 1. The SMILES string of the molecule is CC/C=C\C/C=C\C/C=C\C/C=C\C/C=C\C/C=C\C/C=C\C/C=C\CCCCCCCCCCCCCCC(=O)OC(COC(=O)CCCCCCCCCCCCCCCCCCCCCC/C=C\C/C=C\C/C=C\C/C=C\C/C=C\C/C=C\CC)COP(=O)([O-])OCC[N+](C)(C)C. The van der Waals surface area contributed by atoms with Crippen molar-refractivity contribution in [1.29, 1.82) is 0 Å². The lowest BCUT2D eigenvalue weighted by Crippen LogP contribution is -2.37. The Hall–Kier alpha value is -4.63. The number of likely N-dealkylation sites (N-methyl/N-ethyl adjacent to an activating group) is 1. The first-order valence-corrected chi connectivity index (χ1v) is 42.3. The zero-order valence-electron chi connectivity index (χ0n) is 65.1. The van der Waals surface area contributed by atoms with Gasteiger partial charge < -0.3 is 27.9 Å². The molecule has 0 bridgehead atoms. The molecule has 0 aromatic carbocycles. The molecule has 0 N–H and O–H groups in total. The molecular formula is C90H152NO8P. The summed E-state index contributed by atoms with van der Waals surface area (Å²) in [4.78, 5) is 38.2. The van der Waals surface area contributed by atoms with Crippen molar-refractivity contribution >= 4 is 19.8 Å². The Bertz CT molecular complexity index is 2300. The highest BCUT2D eigenvalue weighted by Gasteiger charge is 2.22. The molecule has 2 unspecified atom stereocenters. The minimum absolute atomic E-state index is 0.0364. The third-order valence-corrected chi connectivity index (χ3v) is 18.2. The molecule has 0 aliphatic heterocycles. The number of esters is 2. The number of allylic oxidation sites excluding steroid dienone is 28. The van der Waals surface area contributed by atoms with Crippen molar-refractivity contribution < 1.29 is 42.1 Å². The average molecular weight is 1410 g/mol. The normalized spacial score (nSPS) is 13.9. The zero-order chi connectivity index (χ0) is 72.5. The van der Waals surface area contributed by atoms with Crippen LogP contribution in [0.2, 0.25) is 0 Å². The van der Waals surface area contributed by atoms with Gasteiger partial charge in [-0.05, 0) is 128 Å². The van der Waals surface area contributed by atoms with Crippen LogP contribution in [0.4, 0.5) is 0 Å². The molecule has 0 aromatic heterocycles. The molecule has 9 nitrogen and oxygen atoms in total. The van der Waals surface area contributed by atoms with E-state index >= 15 is 0 Å². The number of carbonyl (C=O) groups is 2. The smallest absolute Gasteiger partial charge is 0.306 e. The minimum atomic E-state index is -4.66. The van der Waals surface area contributed by atoms with Crippen LogP contribution in [0.15, 0.2) is 170 Å². The van der Waals surface area contributed by atoms with E-state index in [0.29, 0.717) is 17.4 Å². The molecule has 0 aromatic rings. The second-order valence-electron chi connectivity index (χ2n) is 28.0. The van der Waals surface area contributed by atoms with Crippen molar-refractivity contribution in [3.05, 3.63) is 170 Å². The predicted octanol–water partition coefficient (Wildman–Crippen LogP) is 27.0. The molecule has 0 amide bonds. The first-order chi connectivity index (χ1) is 49.0. The van der Waals surface area contributed by atoms with Crippen molar-refractivity contribution in [3.8, 4) is 0 Å². The Balaban J connectivity index is 3.99. The van der Waals surface area contributed by atoms with E-state index in [1.54, 1.807) is 0 Å². The maximum absolute atomic E-state index is 12.9. The summed E-state index contributed by atoms with van der Waals surface area (Å²) in [5.41, 5.74) is 0. The van der Waals surface area contributed by atoms with Gasteiger partial charge in [-0.1, -0.05) is 364 Å². The Kier molecular flexibility index (Phi) is 74.9. The van der Waals surface area contributed by atoms with Gasteiger partial charge in [0, 0.05) is 12.8 Å². The molecule has 10 heteroatoms. The minimum Gasteiger partial charge on any atom is -0.756 e. The fourth-order valence-corrected chi connectivity index (χ4v) is 11.8. The maximum Gasteiger partial charge on any atom is 0.306 e. The third kappa shape index (κ3) is 82.3. The fourth-order valence-electron chi connectivity index (χ4n) is 11.1. The van der Waals surface area contributed by atoms with E-state index in [0.717, 1.165) is 135 Å². The van der Waals surface area contributed by atoms with Crippen molar-refractivity contribution in [1.82, 2.24) is 0 Å². The van der Waals surface area contributed by atoms with Gasteiger partial charge in [0.1, 0.15) is 19.8 Å². The Labute approximate surface area is 617 Å². The number of unbranched alkanes of at least 4 members (excludes halogenated alkanes) is 32. The van der Waals surface area contributed by atoms with Crippen LogP contribution in [0.5, 0.6) is 0 Å². The van der Waals surface area contributed by atoms with E-state index in [9.17, 15) is 19.0 Å². The summed E-state index contributed by atoms with van der Waals surface area (Å²) >= 11 is 0. The number of phosphoric acid groups is 1. The van der Waals surface area contributed by atoms with Crippen LogP contribution in [0.25, 0.3) is 0 Å². The predicted molar refractivity (Wildman–Crippen MR) is 433 cm³/mol. The van der Waals surface area contributed by atoms with Crippen molar-refractivity contribution in [2.75, 3.05) is 47.5 Å². The molecule has 0 spiro atoms. The van der Waals surface area contributed by atoms with Crippen molar-refractivity contribution in [3.63, 3.8) is 0 Å². The lowest BCUT2D eigenvalue weighted by Gasteiger charge is -2.28. The molecule has 0 aliphatic rings. The molecule has 0 saturated heterocycles. The highest BCUT2D eigenvalue weighted by molar-refractivity contribution is 7.45. The monoisotopic (exact) mass is 1410 g/mol. The highest BCUT2D eigenvalue weighted by atomic mass is 31.2. The standard InChI is InChI=1S/C90H152NO8P/c1-6-8-10-12-14-16-18-20-22-24-26-28-30-32-34-36-38-40-42-44-45-47-48-50-52-54-56-58-60-62-64-66-68-70-72-74-76-78-80-82-89(92)96-86-88(87-98-100(94,95)97-85-84-91(3,4)5)99-90(93)83-81-79-77-75-73-71-69-67-65-63-61-59-57-55-53-51-49-46-43-41-39-37-35-33-31-29-27-25-23-21-19-17-15-13-11-9-7-2/h8-11,14-17,20-23,26-29,32-35,38-41,46,49,53,55,88H,6-7,12-13,18-19,24-25,30-31,36-37,42-45,47-48,50-52,54,56-87H2,1-5H3/b10-8-,11-9-,16-14-,17-15-,22-20-,23-21-,28-26-,29-27-,34-32-,35-33-,40-38-,41-39-,49-46-,55-53-. The summed E-state index contributed by atoms with van der Waals surface area (Å²) in [7, 11) is 1.16. The summed E-state index contributed by atoms with van der Waals surface area (Å²) in [6.45, 7) is 4.03. The van der Waals surface area contributed by atoms with Crippen LogP contribution >= 0.6 is 7.82 Å². The molecule has 2 atom stereocenters. The second-order valence-corrected chi connectivity index (χ2v) is 29.4. The summed E-state index contributed by atoms with van der Waals surface area (Å²) in [5, 5.41) is 0. The van der Waals surface area contributed by atoms with Crippen LogP contribution in [0.1, 0.15) is 335 Å². The van der Waals surface area contributed by atoms with Crippen LogP contribution in [-0.2, 0) is 32.7 Å². The first-order valence-electron chi connectivity index (χ1n) is 40.8. The van der Waals surface area contributed by atoms with Gasteiger partial charge in [-0.15, -0.1) is 0 Å². The van der Waals surface area contributed by atoms with E-state index in [-0.39, 0.29) is 32.0 Å². The molecule has 570 valence electrons. The molecule has 0 aliphatic carbocycles. The summed E-state index contributed by atoms with van der Waals surface area (Å²) in [6, 6.07) is 0. The molecule has 0 radical (unpaired) electrons. The molecule has 100 heavy (non-hydrogen) atoms. The fraction of sp³-hybridized carbons (Fsp3) is 0.667. The number of hydrogen-bond acceptors (Lipinski definition) is 8. The van der Waals surface area contributed by atoms with E-state index in [1.165, 1.54) is 167 Å². The van der Waals surface area contributed by atoms with E-state index in [4.69, 9.17) is 18.5 Å². The van der Waals surface area contributed by atoms with Gasteiger partial charge >= 0.3 is 11.9 Å². The second kappa shape index (κ2) is 78.5. The van der Waals surface area contributed by atoms with Gasteiger partial charge in [0.25, 0.3) is 7.82 Å². The van der Waals surface area contributed by atoms with Crippen LogP contribution in [0, 0.1) is 0 Å². The quantitative estimate of drug-likeness (QED) is 0.0195. The van der Waals surface area contributed by atoms with Gasteiger partial charge in [0.15, 0.2) is 6.10 Å². The Morgan fingerprint density at radius 3 is 0.800 bits per heavy atom. The average Bonchev–Trinajstić information content (AvgIpc) is 1.02. The summed E-state index contributed by atoms with van der Waals surface area (Å²) < 4.78 is 34.4. The van der Waals surface area contributed by atoms with Crippen LogP contribution < -0.4 is 4.89 Å². The van der Waals surface area contributed by atoms with Crippen molar-refractivity contribution in [2.45, 2.75) is 341 Å². The highest BCUT2D eigenvalue weighted by Crippen LogP contribution is 2.38. The largest absolute Gasteiger partial charge is 0.756 e. The first kappa shape index (κ1) is 95.4. The van der Waals surface area contributed by atoms with E-state index < -0.39 is 26.5 Å². The number of rotatable bonds is 74. The maximum atomic E-state index is 12.9. The molecule has 0 fully saturated rings. The lowest BCUT2D eigenvalue weighted by atomic mass is 10.0. The number of phosphoric ester groups is 1. The number of carbonyl (C=O) groups excluding carboxylic acids is 2. The van der Waals surface area contributed by atoms with Gasteiger partial charge in [0.2, 0.25) is 0 Å². The summed E-state index contributed by atoms with van der Waals surface area (Å²) in [5.74, 6) is -0.831. The molecular weight excluding hydrogens is 1250 g/mol. The lowest BCUT2D eigenvalue weighted by molar-refractivity contribution is -0.870. The van der Waals surface area contributed by atoms with E-state index in [2.05, 4.69) is 184 Å². The molecule has 0 saturated carbocycles. The summed E-state index contributed by atoms with van der Waals surface area (Å²) in [6.07, 6.45) is 119. The van der Waals surface area contributed by atoms with Crippen molar-refractivity contribution in [2.24, 2.45) is 0 Å². The Morgan fingerprint density at radius 2 is 0.540 bits per heavy atom. The molecule has 0 heterocycles. The zero-order valence-corrected chi connectivity index (χ0v) is 66.0. The third-order valence-electron chi connectivity index (χ3n) is 17.2.